The van der Waals surface area contributed by atoms with E-state index in [9.17, 15) is 19.1 Å². The zero-order valence-corrected chi connectivity index (χ0v) is 19.2. The van der Waals surface area contributed by atoms with E-state index < -0.39 is 22.8 Å². The highest BCUT2D eigenvalue weighted by Gasteiger charge is 2.23. The van der Waals surface area contributed by atoms with Gasteiger partial charge in [-0.3, -0.25) is 9.36 Å². The third-order valence-corrected chi connectivity index (χ3v) is 6.57. The van der Waals surface area contributed by atoms with Crippen molar-refractivity contribution in [3.63, 3.8) is 0 Å². The summed E-state index contributed by atoms with van der Waals surface area (Å²) < 4.78 is 25.8. The van der Waals surface area contributed by atoms with Crippen LogP contribution in [0.15, 0.2) is 109 Å². The van der Waals surface area contributed by atoms with Crippen LogP contribution in [0, 0.1) is 5.82 Å². The number of halogens is 1. The lowest BCUT2D eigenvalue weighted by molar-refractivity contribution is 0.404. The van der Waals surface area contributed by atoms with E-state index >= 15 is 0 Å². The Morgan fingerprint density at radius 1 is 0.943 bits per heavy atom. The first-order valence-electron chi connectivity index (χ1n) is 10.6. The lowest BCUT2D eigenvalue weighted by Crippen LogP contribution is -2.21. The Morgan fingerprint density at radius 3 is 2.34 bits per heavy atom. The molecule has 0 saturated heterocycles. The average Bonchev–Trinajstić information content (AvgIpc) is 2.87. The number of hydrogen-bond acceptors (Lipinski definition) is 6. The highest BCUT2D eigenvalue weighted by atomic mass is 32.2. The fourth-order valence-electron chi connectivity index (χ4n) is 3.81. The normalized spacial score (nSPS) is 11.0. The fraction of sp³-hybridized carbons (Fsp3) is 0.0370. The summed E-state index contributed by atoms with van der Waals surface area (Å²) in [6.45, 7) is 0. The van der Waals surface area contributed by atoms with Gasteiger partial charge in [-0.15, -0.1) is 0 Å². The molecule has 2 heterocycles. The lowest BCUT2D eigenvalue weighted by atomic mass is 10.1. The van der Waals surface area contributed by atoms with Crippen molar-refractivity contribution < 1.29 is 18.7 Å². The molecule has 8 heteroatoms. The number of fused-ring (bicyclic) bond motifs is 1. The summed E-state index contributed by atoms with van der Waals surface area (Å²) in [6.07, 6.45) is 0. The van der Waals surface area contributed by atoms with E-state index in [1.165, 1.54) is 42.0 Å². The van der Waals surface area contributed by atoms with Gasteiger partial charge in [0.1, 0.15) is 27.4 Å². The van der Waals surface area contributed by atoms with Crippen LogP contribution in [-0.2, 0) is 0 Å². The van der Waals surface area contributed by atoms with E-state index in [-0.39, 0.29) is 15.9 Å². The smallest absolute Gasteiger partial charge is 0.354 e. The maximum absolute atomic E-state index is 13.8. The molecule has 5 aromatic rings. The number of aromatic nitrogens is 1. The third kappa shape index (κ3) is 4.08. The Morgan fingerprint density at radius 2 is 1.63 bits per heavy atom. The predicted molar refractivity (Wildman–Crippen MR) is 132 cm³/mol. The van der Waals surface area contributed by atoms with Crippen molar-refractivity contribution in [1.29, 1.82) is 0 Å². The molecular weight excluding hydrogens is 469 g/mol. The Kier molecular flexibility index (Phi) is 5.88. The number of methoxy groups -OCH3 is 1. The summed E-state index contributed by atoms with van der Waals surface area (Å²) in [5.41, 5.74) is 0.0218. The molecule has 0 unspecified atom stereocenters. The Labute approximate surface area is 202 Å². The molecule has 0 spiro atoms. The van der Waals surface area contributed by atoms with Crippen molar-refractivity contribution in [2.75, 3.05) is 7.11 Å². The Hall–Kier alpha value is -4.30. The lowest BCUT2D eigenvalue weighted by Gasteiger charge is -2.16. The van der Waals surface area contributed by atoms with Crippen LogP contribution in [0.25, 0.3) is 27.9 Å². The molecule has 1 N–H and O–H groups in total. The van der Waals surface area contributed by atoms with Gasteiger partial charge in [0.05, 0.1) is 17.7 Å². The Bertz CT molecular complexity index is 1660. The number of nitrogens with zero attached hydrogens (tertiary/aromatic N) is 1. The molecule has 35 heavy (non-hydrogen) atoms. The molecule has 0 aliphatic heterocycles. The molecule has 0 aliphatic rings. The molecule has 2 aromatic heterocycles. The second kappa shape index (κ2) is 9.15. The predicted octanol–water partition coefficient (Wildman–Crippen LogP) is 5.62. The van der Waals surface area contributed by atoms with Gasteiger partial charge in [0.2, 0.25) is 0 Å². The number of pyridine rings is 1. The molecule has 0 aliphatic carbocycles. The molecule has 0 saturated carbocycles. The Balaban J connectivity index is 1.80. The molecule has 174 valence electrons. The molecule has 0 fully saturated rings. The van der Waals surface area contributed by atoms with Crippen LogP contribution in [-0.4, -0.2) is 16.8 Å². The highest BCUT2D eigenvalue weighted by molar-refractivity contribution is 7.99. The SMILES string of the molecule is COc1ccccc1Sc1c(O)c2c(=O)n(-c3ccc(F)cc3)c(-c3ccccc3)cc2oc1=O. The van der Waals surface area contributed by atoms with Crippen LogP contribution in [0.3, 0.4) is 0 Å². The second-order valence-electron chi connectivity index (χ2n) is 7.57. The standard InChI is InChI=1S/C27H18FNO5S/c1-33-20-9-5-6-10-22(20)35-25-24(30)23-21(34-27(25)32)15-19(16-7-3-2-4-8-16)29(26(23)31)18-13-11-17(28)12-14-18/h2-15,30H,1H3. The van der Waals surface area contributed by atoms with E-state index in [4.69, 9.17) is 9.15 Å². The van der Waals surface area contributed by atoms with Gasteiger partial charge in [-0.1, -0.05) is 54.2 Å². The third-order valence-electron chi connectivity index (χ3n) is 5.45. The van der Waals surface area contributed by atoms with Gasteiger partial charge < -0.3 is 14.3 Å². The zero-order chi connectivity index (χ0) is 24.5. The molecule has 0 bridgehead atoms. The van der Waals surface area contributed by atoms with E-state index in [1.807, 2.05) is 6.07 Å². The molecule has 0 atom stereocenters. The monoisotopic (exact) mass is 487 g/mol. The van der Waals surface area contributed by atoms with Crippen molar-refractivity contribution in [3.05, 3.63) is 112 Å². The topological polar surface area (TPSA) is 81.7 Å². The minimum Gasteiger partial charge on any atom is -0.505 e. The average molecular weight is 488 g/mol. The van der Waals surface area contributed by atoms with Gasteiger partial charge in [-0.2, -0.15) is 0 Å². The van der Waals surface area contributed by atoms with E-state index in [2.05, 4.69) is 0 Å². The van der Waals surface area contributed by atoms with E-state index in [1.54, 1.807) is 48.5 Å². The van der Waals surface area contributed by atoms with Gasteiger partial charge >= 0.3 is 5.63 Å². The molecule has 3 aromatic carbocycles. The van der Waals surface area contributed by atoms with Crippen LogP contribution in [0.1, 0.15) is 0 Å². The van der Waals surface area contributed by atoms with Gasteiger partial charge in [0, 0.05) is 11.8 Å². The fourth-order valence-corrected chi connectivity index (χ4v) is 4.76. The quantitative estimate of drug-likeness (QED) is 0.347. The van der Waals surface area contributed by atoms with Gasteiger partial charge in [0.25, 0.3) is 5.56 Å². The summed E-state index contributed by atoms with van der Waals surface area (Å²) >= 11 is 0.941. The van der Waals surface area contributed by atoms with Crippen LogP contribution in [0.5, 0.6) is 11.5 Å². The van der Waals surface area contributed by atoms with Crippen molar-refractivity contribution in [1.82, 2.24) is 4.57 Å². The maximum atomic E-state index is 13.8. The summed E-state index contributed by atoms with van der Waals surface area (Å²) in [5, 5.41) is 11.0. The number of rotatable bonds is 5. The number of benzene rings is 3. The van der Waals surface area contributed by atoms with Crippen LogP contribution < -0.4 is 15.9 Å². The zero-order valence-electron chi connectivity index (χ0n) is 18.4. The van der Waals surface area contributed by atoms with Crippen LogP contribution in [0.4, 0.5) is 4.39 Å². The first-order valence-corrected chi connectivity index (χ1v) is 11.4. The van der Waals surface area contributed by atoms with E-state index in [0.29, 0.717) is 27.6 Å². The number of para-hydroxylation sites is 1. The summed E-state index contributed by atoms with van der Waals surface area (Å²) in [6, 6.07) is 23.0. The van der Waals surface area contributed by atoms with Gasteiger partial charge in [-0.25, -0.2) is 9.18 Å². The first-order chi connectivity index (χ1) is 17.0. The molecule has 0 radical (unpaired) electrons. The van der Waals surface area contributed by atoms with Crippen LogP contribution >= 0.6 is 11.8 Å². The second-order valence-corrected chi connectivity index (χ2v) is 8.62. The van der Waals surface area contributed by atoms with Gasteiger partial charge in [0.15, 0.2) is 5.75 Å². The number of aromatic hydroxyl groups is 1. The molecular formula is C27H18FNO5S. The molecule has 6 nitrogen and oxygen atoms in total. The minimum atomic E-state index is -0.788. The maximum Gasteiger partial charge on any atom is 0.354 e. The molecule has 0 amide bonds. The number of ether oxygens (including phenoxy) is 1. The van der Waals surface area contributed by atoms with Crippen LogP contribution in [0.2, 0.25) is 0 Å². The highest BCUT2D eigenvalue weighted by Crippen LogP contribution is 2.39. The first kappa shape index (κ1) is 22.5. The van der Waals surface area contributed by atoms with Crippen molar-refractivity contribution in [3.8, 4) is 28.4 Å². The van der Waals surface area contributed by atoms with E-state index in [0.717, 1.165) is 11.8 Å². The van der Waals surface area contributed by atoms with Crippen molar-refractivity contribution in [2.45, 2.75) is 9.79 Å². The minimum absolute atomic E-state index is 0.0564. The molecule has 5 rings (SSSR count). The van der Waals surface area contributed by atoms with Gasteiger partial charge in [-0.05, 0) is 42.0 Å². The number of hydrogen-bond donors (Lipinski definition) is 1. The summed E-state index contributed by atoms with van der Waals surface area (Å²) in [7, 11) is 1.49. The van der Waals surface area contributed by atoms with Crippen molar-refractivity contribution in [2.24, 2.45) is 0 Å². The largest absolute Gasteiger partial charge is 0.505 e. The summed E-state index contributed by atoms with van der Waals surface area (Å²) in [4.78, 5) is 27.1. The summed E-state index contributed by atoms with van der Waals surface area (Å²) in [5.74, 6) is -0.444. The van der Waals surface area contributed by atoms with Crippen molar-refractivity contribution >= 4 is 22.7 Å².